The SMILES string of the molecule is Cc1cc(/C=C/C(=O)c2cccc(Nc3ccnc4cc(Cl)ccc34)c2)ccc1Cl. The fraction of sp³-hybridized carbons (Fsp3) is 0.0400. The molecular weight excluding hydrogens is 415 g/mol. The second kappa shape index (κ2) is 8.70. The van der Waals surface area contributed by atoms with Crippen LogP contribution in [0.2, 0.25) is 10.0 Å². The van der Waals surface area contributed by atoms with Gasteiger partial charge >= 0.3 is 0 Å². The maximum Gasteiger partial charge on any atom is 0.185 e. The molecule has 0 aliphatic rings. The molecule has 0 radical (unpaired) electrons. The van der Waals surface area contributed by atoms with E-state index in [0.29, 0.717) is 15.6 Å². The average molecular weight is 433 g/mol. The van der Waals surface area contributed by atoms with Crippen LogP contribution in [0.4, 0.5) is 11.4 Å². The summed E-state index contributed by atoms with van der Waals surface area (Å²) in [6.45, 7) is 1.94. The number of anilines is 2. The number of halogens is 2. The third kappa shape index (κ3) is 4.54. The zero-order valence-corrected chi connectivity index (χ0v) is 17.7. The summed E-state index contributed by atoms with van der Waals surface area (Å²) >= 11 is 12.1. The average Bonchev–Trinajstić information content (AvgIpc) is 2.74. The van der Waals surface area contributed by atoms with Gasteiger partial charge in [-0.3, -0.25) is 9.78 Å². The number of hydrogen-bond donors (Lipinski definition) is 1. The molecular formula is C25H18Cl2N2O. The number of fused-ring (bicyclic) bond motifs is 1. The highest BCUT2D eigenvalue weighted by Crippen LogP contribution is 2.27. The Labute approximate surface area is 185 Å². The number of carbonyl (C=O) groups is 1. The number of hydrogen-bond acceptors (Lipinski definition) is 3. The van der Waals surface area contributed by atoms with E-state index in [2.05, 4.69) is 10.3 Å². The lowest BCUT2D eigenvalue weighted by atomic mass is 10.1. The summed E-state index contributed by atoms with van der Waals surface area (Å²) in [5, 5.41) is 5.68. The predicted molar refractivity (Wildman–Crippen MR) is 126 cm³/mol. The van der Waals surface area contributed by atoms with E-state index >= 15 is 0 Å². The molecule has 0 saturated carbocycles. The van der Waals surface area contributed by atoms with Crippen molar-refractivity contribution in [3.8, 4) is 0 Å². The zero-order chi connectivity index (χ0) is 21.1. The molecule has 0 spiro atoms. The molecule has 0 saturated heterocycles. The van der Waals surface area contributed by atoms with Crippen LogP contribution in [-0.4, -0.2) is 10.8 Å². The highest BCUT2D eigenvalue weighted by atomic mass is 35.5. The summed E-state index contributed by atoms with van der Waals surface area (Å²) in [7, 11) is 0. The first kappa shape index (κ1) is 20.1. The van der Waals surface area contributed by atoms with Crippen LogP contribution in [0.3, 0.4) is 0 Å². The van der Waals surface area contributed by atoms with E-state index in [1.54, 1.807) is 24.4 Å². The number of ketones is 1. The Morgan fingerprint density at radius 1 is 1.00 bits per heavy atom. The monoisotopic (exact) mass is 432 g/mol. The van der Waals surface area contributed by atoms with Gasteiger partial charge in [-0.1, -0.05) is 53.5 Å². The molecule has 30 heavy (non-hydrogen) atoms. The summed E-state index contributed by atoms with van der Waals surface area (Å²) in [5.74, 6) is -0.0716. The van der Waals surface area contributed by atoms with E-state index in [-0.39, 0.29) is 5.78 Å². The lowest BCUT2D eigenvalue weighted by molar-refractivity contribution is 0.104. The smallest absolute Gasteiger partial charge is 0.185 e. The molecule has 1 N–H and O–H groups in total. The third-order valence-electron chi connectivity index (χ3n) is 4.74. The first-order valence-electron chi connectivity index (χ1n) is 9.39. The van der Waals surface area contributed by atoms with Gasteiger partial charge in [0.15, 0.2) is 5.78 Å². The second-order valence-electron chi connectivity index (χ2n) is 6.93. The molecule has 5 heteroatoms. The van der Waals surface area contributed by atoms with Crippen molar-refractivity contribution in [2.45, 2.75) is 6.92 Å². The Morgan fingerprint density at radius 2 is 1.87 bits per heavy atom. The Bertz CT molecular complexity index is 1280. The number of rotatable bonds is 5. The number of benzene rings is 3. The molecule has 0 atom stereocenters. The van der Waals surface area contributed by atoms with Crippen LogP contribution >= 0.6 is 23.2 Å². The van der Waals surface area contributed by atoms with E-state index in [4.69, 9.17) is 23.2 Å². The van der Waals surface area contributed by atoms with Crippen molar-refractivity contribution < 1.29 is 4.79 Å². The predicted octanol–water partition coefficient (Wildman–Crippen LogP) is 7.49. The Morgan fingerprint density at radius 3 is 2.70 bits per heavy atom. The number of allylic oxidation sites excluding steroid dienone is 1. The second-order valence-corrected chi connectivity index (χ2v) is 7.78. The molecule has 0 aliphatic carbocycles. The topological polar surface area (TPSA) is 42.0 Å². The molecule has 0 amide bonds. The van der Waals surface area contributed by atoms with E-state index < -0.39 is 0 Å². The van der Waals surface area contributed by atoms with Crippen molar-refractivity contribution >= 4 is 57.3 Å². The van der Waals surface area contributed by atoms with Crippen molar-refractivity contribution in [3.05, 3.63) is 106 Å². The lowest BCUT2D eigenvalue weighted by Crippen LogP contribution is -1.97. The van der Waals surface area contributed by atoms with Crippen LogP contribution in [0, 0.1) is 6.92 Å². The summed E-state index contributed by atoms with van der Waals surface area (Å²) < 4.78 is 0. The summed E-state index contributed by atoms with van der Waals surface area (Å²) in [4.78, 5) is 17.0. The van der Waals surface area contributed by atoms with Crippen LogP contribution in [-0.2, 0) is 0 Å². The number of pyridine rings is 1. The van der Waals surface area contributed by atoms with E-state index in [1.165, 1.54) is 0 Å². The van der Waals surface area contributed by atoms with Gasteiger partial charge in [0.25, 0.3) is 0 Å². The quantitative estimate of drug-likeness (QED) is 0.262. The number of nitrogens with zero attached hydrogens (tertiary/aromatic N) is 1. The maximum absolute atomic E-state index is 12.7. The van der Waals surface area contributed by atoms with Gasteiger partial charge in [-0.15, -0.1) is 0 Å². The van der Waals surface area contributed by atoms with Crippen molar-refractivity contribution in [2.24, 2.45) is 0 Å². The minimum atomic E-state index is -0.0716. The summed E-state index contributed by atoms with van der Waals surface area (Å²) in [5.41, 5.74) is 5.03. The lowest BCUT2D eigenvalue weighted by Gasteiger charge is -2.10. The molecule has 1 heterocycles. The van der Waals surface area contributed by atoms with Gasteiger partial charge in [0.05, 0.1) is 5.52 Å². The fourth-order valence-corrected chi connectivity index (χ4v) is 3.46. The highest BCUT2D eigenvalue weighted by molar-refractivity contribution is 6.31. The molecule has 0 unspecified atom stereocenters. The third-order valence-corrected chi connectivity index (χ3v) is 5.40. The van der Waals surface area contributed by atoms with Crippen LogP contribution in [0.15, 0.2) is 79.0 Å². The fourth-order valence-electron chi connectivity index (χ4n) is 3.18. The van der Waals surface area contributed by atoms with Crippen molar-refractivity contribution in [3.63, 3.8) is 0 Å². The Balaban J connectivity index is 1.56. The molecule has 0 aliphatic heterocycles. The van der Waals surface area contributed by atoms with E-state index in [9.17, 15) is 4.79 Å². The first-order chi connectivity index (χ1) is 14.5. The van der Waals surface area contributed by atoms with Crippen LogP contribution in [0.5, 0.6) is 0 Å². The largest absolute Gasteiger partial charge is 0.355 e. The van der Waals surface area contributed by atoms with Gasteiger partial charge in [0.2, 0.25) is 0 Å². The normalized spacial score (nSPS) is 11.2. The van der Waals surface area contributed by atoms with Gasteiger partial charge in [0, 0.05) is 38.6 Å². The van der Waals surface area contributed by atoms with Gasteiger partial charge in [-0.2, -0.15) is 0 Å². The minimum Gasteiger partial charge on any atom is -0.355 e. The molecule has 0 bridgehead atoms. The first-order valence-corrected chi connectivity index (χ1v) is 10.1. The number of aryl methyl sites for hydroxylation is 1. The minimum absolute atomic E-state index is 0.0716. The van der Waals surface area contributed by atoms with Gasteiger partial charge in [-0.25, -0.2) is 0 Å². The molecule has 148 valence electrons. The molecule has 3 aromatic carbocycles. The van der Waals surface area contributed by atoms with Crippen molar-refractivity contribution in [1.29, 1.82) is 0 Å². The number of aromatic nitrogens is 1. The summed E-state index contributed by atoms with van der Waals surface area (Å²) in [6, 6.07) is 20.6. The van der Waals surface area contributed by atoms with Gasteiger partial charge < -0.3 is 5.32 Å². The molecule has 4 aromatic rings. The van der Waals surface area contributed by atoms with Gasteiger partial charge in [-0.05, 0) is 66.6 Å². The molecule has 3 nitrogen and oxygen atoms in total. The van der Waals surface area contributed by atoms with Crippen molar-refractivity contribution in [2.75, 3.05) is 5.32 Å². The summed E-state index contributed by atoms with van der Waals surface area (Å²) in [6.07, 6.45) is 5.10. The van der Waals surface area contributed by atoms with Gasteiger partial charge in [0.1, 0.15) is 0 Å². The van der Waals surface area contributed by atoms with E-state index in [1.807, 2.05) is 67.6 Å². The van der Waals surface area contributed by atoms with Crippen LogP contribution in [0.1, 0.15) is 21.5 Å². The van der Waals surface area contributed by atoms with Crippen molar-refractivity contribution in [1.82, 2.24) is 4.98 Å². The standard InChI is InChI=1S/C25H18Cl2N2O/c1-16-13-17(5-9-22(16)27)6-10-25(30)18-3-2-4-20(14-18)29-23-11-12-28-24-15-19(26)7-8-21(23)24/h2-15H,1H3,(H,28,29)/b10-6+. The zero-order valence-electron chi connectivity index (χ0n) is 16.2. The number of nitrogens with one attached hydrogen (secondary N) is 1. The molecule has 0 fully saturated rings. The number of carbonyl (C=O) groups excluding carboxylic acids is 1. The molecule has 1 aromatic heterocycles. The highest BCUT2D eigenvalue weighted by Gasteiger charge is 2.06. The molecule has 4 rings (SSSR count). The Kier molecular flexibility index (Phi) is 5.84. The Hall–Kier alpha value is -3.14. The van der Waals surface area contributed by atoms with Crippen LogP contribution in [0.25, 0.3) is 17.0 Å². The van der Waals surface area contributed by atoms with E-state index in [0.717, 1.165) is 33.4 Å². The van der Waals surface area contributed by atoms with Crippen LogP contribution < -0.4 is 5.32 Å². The maximum atomic E-state index is 12.7.